The van der Waals surface area contributed by atoms with Gasteiger partial charge < -0.3 is 15.4 Å². The Labute approximate surface area is 192 Å². The molecule has 1 fully saturated rings. The Morgan fingerprint density at radius 1 is 1.21 bits per heavy atom. The van der Waals surface area contributed by atoms with E-state index in [4.69, 9.17) is 4.74 Å². The van der Waals surface area contributed by atoms with Gasteiger partial charge in [0.1, 0.15) is 11.6 Å². The van der Waals surface area contributed by atoms with E-state index in [2.05, 4.69) is 10.6 Å². The van der Waals surface area contributed by atoms with Gasteiger partial charge in [0.25, 0.3) is 5.91 Å². The van der Waals surface area contributed by atoms with Crippen LogP contribution in [0.25, 0.3) is 0 Å². The Morgan fingerprint density at radius 3 is 2.70 bits per heavy atom. The van der Waals surface area contributed by atoms with E-state index in [1.54, 1.807) is 26.8 Å². The van der Waals surface area contributed by atoms with Crippen LogP contribution in [0.4, 0.5) is 15.8 Å². The molecule has 0 aliphatic carbocycles. The van der Waals surface area contributed by atoms with Crippen LogP contribution in [0.1, 0.15) is 30.9 Å². The number of anilines is 2. The molecule has 0 bridgehead atoms. The second-order valence-electron chi connectivity index (χ2n) is 8.51. The van der Waals surface area contributed by atoms with Gasteiger partial charge in [0.05, 0.1) is 16.5 Å². The summed E-state index contributed by atoms with van der Waals surface area (Å²) in [6, 6.07) is 7.11. The third-order valence-electron chi connectivity index (χ3n) is 6.03. The molecule has 2 aromatic carbocycles. The first-order valence-corrected chi connectivity index (χ1v) is 12.2. The first-order chi connectivity index (χ1) is 15.6. The standard InChI is InChI=1S/C23H26FN3O5S/c1-13-9-17(24)6-7-18(13)25-23(29)16-5-4-8-27(12-16)33(30,31)21-11-20-19(10-14(21)2)26-22(28)15(3)32-20/h6-7,9-11,15-16H,4-5,8,12H2,1-3H3,(H,25,29)(H,26,28)/t15-,16-/m1/s1. The van der Waals surface area contributed by atoms with E-state index in [0.29, 0.717) is 47.6 Å². The molecule has 0 aromatic heterocycles. The summed E-state index contributed by atoms with van der Waals surface area (Å²) in [6.07, 6.45) is 0.357. The van der Waals surface area contributed by atoms with Gasteiger partial charge in [-0.05, 0) is 69.0 Å². The van der Waals surface area contributed by atoms with Crippen molar-refractivity contribution in [1.29, 1.82) is 0 Å². The molecule has 33 heavy (non-hydrogen) atoms. The van der Waals surface area contributed by atoms with Crippen LogP contribution in [-0.2, 0) is 19.6 Å². The highest BCUT2D eigenvalue weighted by Gasteiger charge is 2.35. The van der Waals surface area contributed by atoms with E-state index < -0.39 is 27.9 Å². The summed E-state index contributed by atoms with van der Waals surface area (Å²) in [5.74, 6) is -1.22. The highest BCUT2D eigenvalue weighted by atomic mass is 32.2. The molecule has 2 amide bonds. The second-order valence-corrected chi connectivity index (χ2v) is 10.4. The predicted octanol–water partition coefficient (Wildman–Crippen LogP) is 3.20. The van der Waals surface area contributed by atoms with Gasteiger partial charge in [-0.15, -0.1) is 0 Å². The van der Waals surface area contributed by atoms with Crippen molar-refractivity contribution >= 4 is 33.2 Å². The van der Waals surface area contributed by atoms with Gasteiger partial charge in [0.15, 0.2) is 6.10 Å². The molecule has 0 saturated carbocycles. The highest BCUT2D eigenvalue weighted by Crippen LogP contribution is 2.36. The van der Waals surface area contributed by atoms with E-state index in [1.165, 1.54) is 28.6 Å². The number of carbonyl (C=O) groups is 2. The zero-order chi connectivity index (χ0) is 23.9. The minimum absolute atomic E-state index is 0.0406. The maximum absolute atomic E-state index is 13.5. The monoisotopic (exact) mass is 475 g/mol. The number of amides is 2. The van der Waals surface area contributed by atoms with Crippen molar-refractivity contribution in [1.82, 2.24) is 4.31 Å². The number of benzene rings is 2. The maximum atomic E-state index is 13.5. The number of fused-ring (bicyclic) bond motifs is 1. The van der Waals surface area contributed by atoms with E-state index in [-0.39, 0.29) is 23.3 Å². The van der Waals surface area contributed by atoms with E-state index in [0.717, 1.165) is 0 Å². The topological polar surface area (TPSA) is 105 Å². The van der Waals surface area contributed by atoms with Crippen LogP contribution < -0.4 is 15.4 Å². The minimum atomic E-state index is -3.90. The van der Waals surface area contributed by atoms with Gasteiger partial charge >= 0.3 is 0 Å². The number of aryl methyl sites for hydroxylation is 2. The van der Waals surface area contributed by atoms with Gasteiger partial charge in [0, 0.05) is 24.8 Å². The van der Waals surface area contributed by atoms with Crippen LogP contribution >= 0.6 is 0 Å². The van der Waals surface area contributed by atoms with Crippen molar-refractivity contribution in [3.8, 4) is 5.75 Å². The summed E-state index contributed by atoms with van der Waals surface area (Å²) >= 11 is 0. The summed E-state index contributed by atoms with van der Waals surface area (Å²) in [6.45, 7) is 5.28. The van der Waals surface area contributed by atoms with E-state index in [9.17, 15) is 22.4 Å². The maximum Gasteiger partial charge on any atom is 0.265 e. The fourth-order valence-electron chi connectivity index (χ4n) is 4.14. The molecule has 176 valence electrons. The fourth-order valence-corrected chi connectivity index (χ4v) is 5.88. The molecule has 2 atom stereocenters. The summed E-state index contributed by atoms with van der Waals surface area (Å²) in [5.41, 5.74) is 2.00. The lowest BCUT2D eigenvalue weighted by molar-refractivity contribution is -0.123. The third kappa shape index (κ3) is 4.58. The molecule has 0 unspecified atom stereocenters. The van der Waals surface area contributed by atoms with Crippen LogP contribution in [0.15, 0.2) is 35.2 Å². The summed E-state index contributed by atoms with van der Waals surface area (Å²) < 4.78 is 47.2. The highest BCUT2D eigenvalue weighted by molar-refractivity contribution is 7.89. The van der Waals surface area contributed by atoms with Crippen LogP contribution in [0.2, 0.25) is 0 Å². The molecule has 2 aliphatic heterocycles. The number of rotatable bonds is 4. The van der Waals surface area contributed by atoms with Gasteiger partial charge in [0.2, 0.25) is 15.9 Å². The molecule has 0 spiro atoms. The summed E-state index contributed by atoms with van der Waals surface area (Å²) in [4.78, 5) is 24.8. The van der Waals surface area contributed by atoms with Crippen LogP contribution in [0.5, 0.6) is 5.75 Å². The minimum Gasteiger partial charge on any atom is -0.479 e. The molecular formula is C23H26FN3O5S. The van der Waals surface area contributed by atoms with Gasteiger partial charge in [-0.25, -0.2) is 12.8 Å². The van der Waals surface area contributed by atoms with Crippen LogP contribution in [0.3, 0.4) is 0 Å². The first kappa shape index (κ1) is 23.2. The summed E-state index contributed by atoms with van der Waals surface area (Å²) in [5, 5.41) is 5.51. The van der Waals surface area contributed by atoms with Crippen molar-refractivity contribution < 1.29 is 27.1 Å². The number of hydrogen-bond donors (Lipinski definition) is 2. The van der Waals surface area contributed by atoms with Gasteiger partial charge in [-0.3, -0.25) is 9.59 Å². The Bertz CT molecular complexity index is 1230. The first-order valence-electron chi connectivity index (χ1n) is 10.8. The molecule has 0 radical (unpaired) electrons. The molecule has 10 heteroatoms. The molecule has 2 aliphatic rings. The zero-order valence-electron chi connectivity index (χ0n) is 18.6. The quantitative estimate of drug-likeness (QED) is 0.707. The Kier molecular flexibility index (Phi) is 6.15. The van der Waals surface area contributed by atoms with Crippen molar-refractivity contribution in [3.63, 3.8) is 0 Å². The Balaban J connectivity index is 1.54. The largest absolute Gasteiger partial charge is 0.479 e. The van der Waals surface area contributed by atoms with Gasteiger partial charge in [-0.2, -0.15) is 4.31 Å². The Morgan fingerprint density at radius 2 is 1.97 bits per heavy atom. The molecule has 2 heterocycles. The lowest BCUT2D eigenvalue weighted by Gasteiger charge is -2.32. The van der Waals surface area contributed by atoms with E-state index >= 15 is 0 Å². The number of hydrogen-bond acceptors (Lipinski definition) is 5. The average molecular weight is 476 g/mol. The molecular weight excluding hydrogens is 449 g/mol. The number of nitrogens with one attached hydrogen (secondary N) is 2. The second kappa shape index (κ2) is 8.75. The predicted molar refractivity (Wildman–Crippen MR) is 121 cm³/mol. The molecule has 4 rings (SSSR count). The normalized spacial score (nSPS) is 21.0. The number of halogens is 1. The number of carbonyl (C=O) groups excluding carboxylic acids is 2. The van der Waals surface area contributed by atoms with Crippen LogP contribution in [-0.4, -0.2) is 43.7 Å². The lowest BCUT2D eigenvalue weighted by Crippen LogP contribution is -2.44. The average Bonchev–Trinajstić information content (AvgIpc) is 2.76. The van der Waals surface area contributed by atoms with Crippen LogP contribution in [0, 0.1) is 25.6 Å². The van der Waals surface area contributed by atoms with Crippen molar-refractivity contribution in [2.24, 2.45) is 5.92 Å². The number of sulfonamides is 1. The third-order valence-corrected chi connectivity index (χ3v) is 8.03. The van der Waals surface area contributed by atoms with Gasteiger partial charge in [-0.1, -0.05) is 0 Å². The fraction of sp³-hybridized carbons (Fsp3) is 0.391. The van der Waals surface area contributed by atoms with Crippen molar-refractivity contribution in [3.05, 3.63) is 47.3 Å². The number of ether oxygens (including phenoxy) is 1. The van der Waals surface area contributed by atoms with Crippen molar-refractivity contribution in [2.45, 2.75) is 44.6 Å². The molecule has 2 N–H and O–H groups in total. The molecule has 8 nitrogen and oxygen atoms in total. The lowest BCUT2D eigenvalue weighted by atomic mass is 9.98. The SMILES string of the molecule is Cc1cc(F)ccc1NC(=O)[C@@H]1CCCN(S(=O)(=O)c2cc3c(cc2C)NC(=O)[C@@H](C)O3)C1. The number of nitrogens with zero attached hydrogens (tertiary/aromatic N) is 1. The number of piperidine rings is 1. The Hall–Kier alpha value is -2.98. The molecule has 2 aromatic rings. The smallest absolute Gasteiger partial charge is 0.265 e. The van der Waals surface area contributed by atoms with Crippen molar-refractivity contribution in [2.75, 3.05) is 23.7 Å². The summed E-state index contributed by atoms with van der Waals surface area (Å²) in [7, 11) is -3.90. The zero-order valence-corrected chi connectivity index (χ0v) is 19.5. The van der Waals surface area contributed by atoms with E-state index in [1.807, 2.05) is 0 Å². The molecule has 1 saturated heterocycles.